The smallest absolute Gasteiger partial charge is 0.253 e. The molecule has 0 saturated heterocycles. The van der Waals surface area contributed by atoms with E-state index in [-0.39, 0.29) is 23.5 Å². The molecule has 0 spiro atoms. The fourth-order valence-corrected chi connectivity index (χ4v) is 6.16. The van der Waals surface area contributed by atoms with Crippen molar-refractivity contribution in [3.8, 4) is 5.75 Å². The number of benzene rings is 4. The number of rotatable bonds is 8. The van der Waals surface area contributed by atoms with Gasteiger partial charge in [-0.05, 0) is 71.3 Å². The zero-order valence-electron chi connectivity index (χ0n) is 22.3. The number of halogens is 2. The van der Waals surface area contributed by atoms with Gasteiger partial charge in [0.1, 0.15) is 11.6 Å². The Morgan fingerprint density at radius 2 is 1.73 bits per heavy atom. The third-order valence-electron chi connectivity index (χ3n) is 7.21. The van der Waals surface area contributed by atoms with Crippen molar-refractivity contribution < 1.29 is 13.9 Å². The molecule has 1 unspecified atom stereocenters. The quantitative estimate of drug-likeness (QED) is 0.174. The van der Waals surface area contributed by atoms with Crippen LogP contribution in [-0.2, 0) is 11.3 Å². The molecule has 6 rings (SSSR count). The van der Waals surface area contributed by atoms with Gasteiger partial charge in [0.2, 0.25) is 0 Å². The molecule has 0 saturated carbocycles. The Bertz CT molecular complexity index is 1720. The number of hydrogen-bond acceptors (Lipinski definition) is 4. The highest BCUT2D eigenvalue weighted by Gasteiger charge is 2.33. The van der Waals surface area contributed by atoms with Crippen molar-refractivity contribution in [3.63, 3.8) is 0 Å². The minimum atomic E-state index is -0.313. The van der Waals surface area contributed by atoms with Crippen LogP contribution in [-0.4, -0.2) is 34.1 Å². The first-order valence-corrected chi connectivity index (χ1v) is 14.6. The fourth-order valence-electron chi connectivity index (χ4n) is 5.09. The van der Waals surface area contributed by atoms with Gasteiger partial charge in [-0.1, -0.05) is 54.1 Å². The molecule has 1 atom stereocenters. The maximum absolute atomic E-state index is 13.7. The van der Waals surface area contributed by atoms with Crippen LogP contribution in [0.4, 0.5) is 4.39 Å². The molecular weight excluding hydrogens is 557 g/mol. The molecule has 0 N–H and O–H groups in total. The van der Waals surface area contributed by atoms with Crippen LogP contribution in [0.5, 0.6) is 5.75 Å². The minimum Gasteiger partial charge on any atom is -0.497 e. The predicted molar refractivity (Wildman–Crippen MR) is 163 cm³/mol. The van der Waals surface area contributed by atoms with Crippen LogP contribution in [0.2, 0.25) is 5.02 Å². The molecule has 4 aromatic carbocycles. The summed E-state index contributed by atoms with van der Waals surface area (Å²) in [6, 6.07) is 29.7. The summed E-state index contributed by atoms with van der Waals surface area (Å²) in [7, 11) is 1.62. The monoisotopic (exact) mass is 583 g/mol. The summed E-state index contributed by atoms with van der Waals surface area (Å²) in [4.78, 5) is 14.7. The predicted octanol–water partition coefficient (Wildman–Crippen LogP) is 7.96. The highest BCUT2D eigenvalue weighted by atomic mass is 35.5. The number of methoxy groups -OCH3 is 1. The maximum Gasteiger partial charge on any atom is 0.253 e. The van der Waals surface area contributed by atoms with Crippen molar-refractivity contribution in [3.05, 3.63) is 131 Å². The number of hydrogen-bond donors (Lipinski definition) is 0. The Morgan fingerprint density at radius 3 is 2.46 bits per heavy atom. The van der Waals surface area contributed by atoms with E-state index in [9.17, 15) is 9.18 Å². The van der Waals surface area contributed by atoms with E-state index in [0.717, 1.165) is 43.9 Å². The number of fused-ring (bicyclic) bond motifs is 1. The van der Waals surface area contributed by atoms with Crippen LogP contribution < -0.4 is 4.74 Å². The van der Waals surface area contributed by atoms with Gasteiger partial charge in [0.25, 0.3) is 5.91 Å². The molecule has 2 heterocycles. The van der Waals surface area contributed by atoms with E-state index < -0.39 is 0 Å². The maximum atomic E-state index is 13.7. The van der Waals surface area contributed by atoms with Crippen LogP contribution in [0.25, 0.3) is 10.9 Å². The molecule has 1 aliphatic heterocycles. The summed E-state index contributed by atoms with van der Waals surface area (Å²) < 4.78 is 21.2. The second kappa shape index (κ2) is 11.8. The van der Waals surface area contributed by atoms with E-state index in [1.165, 1.54) is 23.9 Å². The molecule has 1 amide bonds. The van der Waals surface area contributed by atoms with Gasteiger partial charge in [0.05, 0.1) is 24.6 Å². The molecule has 41 heavy (non-hydrogen) atoms. The first-order chi connectivity index (χ1) is 20.0. The number of amides is 1. The highest BCUT2D eigenvalue weighted by Crippen LogP contribution is 2.36. The summed E-state index contributed by atoms with van der Waals surface area (Å²) in [5.41, 5.74) is 4.81. The summed E-state index contributed by atoms with van der Waals surface area (Å²) in [5, 5.41) is 8.14. The third-order valence-corrected chi connectivity index (χ3v) is 8.49. The van der Waals surface area contributed by atoms with Gasteiger partial charge >= 0.3 is 0 Å². The van der Waals surface area contributed by atoms with Crippen molar-refractivity contribution in [1.82, 2.24) is 9.58 Å². The van der Waals surface area contributed by atoms with Gasteiger partial charge in [-0.15, -0.1) is 11.8 Å². The Hall–Kier alpha value is -4.07. The average Bonchev–Trinajstić information content (AvgIpc) is 3.60. The number of ether oxygens (including phenoxy) is 1. The first-order valence-electron chi connectivity index (χ1n) is 13.2. The zero-order chi connectivity index (χ0) is 28.3. The summed E-state index contributed by atoms with van der Waals surface area (Å²) in [5.74, 6) is 0.544. The van der Waals surface area contributed by atoms with Gasteiger partial charge in [0.15, 0.2) is 0 Å². The van der Waals surface area contributed by atoms with Crippen LogP contribution >= 0.6 is 23.4 Å². The zero-order valence-corrected chi connectivity index (χ0v) is 23.9. The van der Waals surface area contributed by atoms with Crippen molar-refractivity contribution in [1.29, 1.82) is 0 Å². The first kappa shape index (κ1) is 27.1. The summed E-state index contributed by atoms with van der Waals surface area (Å²) in [6.07, 6.45) is 2.64. The van der Waals surface area contributed by atoms with Crippen molar-refractivity contribution in [2.75, 3.05) is 12.9 Å². The molecule has 0 radical (unpaired) electrons. The van der Waals surface area contributed by atoms with E-state index in [4.69, 9.17) is 21.4 Å². The largest absolute Gasteiger partial charge is 0.497 e. The molecule has 8 heteroatoms. The number of para-hydroxylation sites is 1. The van der Waals surface area contributed by atoms with E-state index >= 15 is 0 Å². The lowest BCUT2D eigenvalue weighted by Gasteiger charge is -2.22. The van der Waals surface area contributed by atoms with Crippen LogP contribution in [0.3, 0.4) is 0 Å². The lowest BCUT2D eigenvalue weighted by Crippen LogP contribution is -2.28. The molecule has 0 fully saturated rings. The van der Waals surface area contributed by atoms with Gasteiger partial charge in [-0.25, -0.2) is 9.40 Å². The number of hydrazone groups is 1. The van der Waals surface area contributed by atoms with Crippen LogP contribution in [0.15, 0.2) is 113 Å². The summed E-state index contributed by atoms with van der Waals surface area (Å²) >= 11 is 7.58. The van der Waals surface area contributed by atoms with Crippen molar-refractivity contribution in [2.45, 2.75) is 23.9 Å². The summed E-state index contributed by atoms with van der Waals surface area (Å²) in [6.45, 7) is 0.695. The average molecular weight is 584 g/mol. The normalized spacial score (nSPS) is 14.9. The number of carbonyl (C=O) groups excluding carboxylic acids is 1. The van der Waals surface area contributed by atoms with Crippen molar-refractivity contribution >= 4 is 45.9 Å². The number of aromatic nitrogens is 1. The second-order valence-electron chi connectivity index (χ2n) is 9.84. The molecule has 1 aliphatic rings. The van der Waals surface area contributed by atoms with Crippen molar-refractivity contribution in [2.24, 2.45) is 5.10 Å². The van der Waals surface area contributed by atoms with E-state index in [2.05, 4.69) is 22.9 Å². The molecule has 5 nitrogen and oxygen atoms in total. The van der Waals surface area contributed by atoms with Crippen LogP contribution in [0.1, 0.15) is 29.2 Å². The Labute approximate surface area is 247 Å². The minimum absolute atomic E-state index is 0.109. The lowest BCUT2D eigenvalue weighted by molar-refractivity contribution is -0.130. The van der Waals surface area contributed by atoms with E-state index in [1.54, 1.807) is 24.3 Å². The molecule has 0 aliphatic carbocycles. The number of carbonyl (C=O) groups is 1. The van der Waals surface area contributed by atoms with Gasteiger partial charge < -0.3 is 9.30 Å². The highest BCUT2D eigenvalue weighted by molar-refractivity contribution is 8.00. The number of nitrogens with zero attached hydrogens (tertiary/aromatic N) is 3. The Morgan fingerprint density at radius 1 is 1.00 bits per heavy atom. The van der Waals surface area contributed by atoms with E-state index in [0.29, 0.717) is 18.0 Å². The standard InChI is InChI=1S/C33H27ClFN3O2S/c1-40-27-16-10-23(11-17-27)29-18-31(24-8-14-26(35)15-9-24)38(36-29)33(39)21-41-32-20-37(30-5-3-2-4-28(30)32)19-22-6-12-25(34)13-7-22/h2-17,20,31H,18-19,21H2,1H3. The SMILES string of the molecule is COc1ccc(C2=NN(C(=O)CSc3cn(Cc4ccc(Cl)cc4)c4ccccc34)C(c3ccc(F)cc3)C2)cc1. The molecular formula is C33H27ClFN3O2S. The Kier molecular flexibility index (Phi) is 7.81. The molecule has 206 valence electrons. The third kappa shape index (κ3) is 5.87. The lowest BCUT2D eigenvalue weighted by atomic mass is 9.98. The van der Waals surface area contributed by atoms with Gasteiger partial charge in [-0.2, -0.15) is 5.10 Å². The molecule has 1 aromatic heterocycles. The second-order valence-corrected chi connectivity index (χ2v) is 11.3. The van der Waals surface area contributed by atoms with Gasteiger partial charge in [-0.3, -0.25) is 4.79 Å². The van der Waals surface area contributed by atoms with Crippen LogP contribution in [0, 0.1) is 5.82 Å². The fraction of sp³-hybridized carbons (Fsp3) is 0.152. The molecule has 0 bridgehead atoms. The van der Waals surface area contributed by atoms with Gasteiger partial charge in [0, 0.05) is 40.0 Å². The topological polar surface area (TPSA) is 46.8 Å². The molecule has 5 aromatic rings. The van der Waals surface area contributed by atoms with E-state index in [1.807, 2.05) is 60.7 Å². The number of thioether (sulfide) groups is 1. The Balaban J connectivity index is 1.25.